The molecule has 2 atom stereocenters. The van der Waals surface area contributed by atoms with Crippen LogP contribution in [0.25, 0.3) is 0 Å². The van der Waals surface area contributed by atoms with E-state index in [9.17, 15) is 14.4 Å². The second kappa shape index (κ2) is 7.66. The van der Waals surface area contributed by atoms with Gasteiger partial charge < -0.3 is 10.2 Å². The SMILES string of the molecule is CC=NC(=O)[C@H](CCC)NC(=O)[C@@H]1CCCN1C=O. The number of likely N-dealkylation sites (tertiary alicyclic amines) is 1. The summed E-state index contributed by atoms with van der Waals surface area (Å²) in [5.74, 6) is -0.601. The van der Waals surface area contributed by atoms with E-state index >= 15 is 0 Å². The van der Waals surface area contributed by atoms with Crippen LogP contribution >= 0.6 is 0 Å². The van der Waals surface area contributed by atoms with Crippen LogP contribution < -0.4 is 5.32 Å². The van der Waals surface area contributed by atoms with E-state index < -0.39 is 12.1 Å². The minimum absolute atomic E-state index is 0.261. The fourth-order valence-electron chi connectivity index (χ4n) is 2.23. The highest BCUT2D eigenvalue weighted by Gasteiger charge is 2.31. The molecule has 3 amide bonds. The quantitative estimate of drug-likeness (QED) is 0.562. The molecule has 6 heteroatoms. The van der Waals surface area contributed by atoms with E-state index in [0.717, 1.165) is 12.8 Å². The lowest BCUT2D eigenvalue weighted by atomic mass is 10.1. The normalized spacial score (nSPS) is 20.5. The third-order valence-electron chi connectivity index (χ3n) is 3.18. The summed E-state index contributed by atoms with van der Waals surface area (Å²) in [5, 5.41) is 2.71. The molecule has 1 fully saturated rings. The summed E-state index contributed by atoms with van der Waals surface area (Å²) in [6, 6.07) is -1.04. The van der Waals surface area contributed by atoms with Crippen molar-refractivity contribution in [3.8, 4) is 0 Å². The Bertz CT molecular complexity index is 368. The van der Waals surface area contributed by atoms with E-state index in [1.165, 1.54) is 11.1 Å². The van der Waals surface area contributed by atoms with Crippen LogP contribution in [0.1, 0.15) is 39.5 Å². The smallest absolute Gasteiger partial charge is 0.267 e. The van der Waals surface area contributed by atoms with Gasteiger partial charge >= 0.3 is 0 Å². The van der Waals surface area contributed by atoms with Crippen molar-refractivity contribution in [2.75, 3.05) is 6.54 Å². The maximum absolute atomic E-state index is 12.1. The predicted octanol–water partition coefficient (Wildman–Crippen LogP) is 0.509. The molecular weight excluding hydrogens is 246 g/mol. The van der Waals surface area contributed by atoms with Gasteiger partial charge in [-0.1, -0.05) is 13.3 Å². The standard InChI is InChI=1S/C13H21N3O3/c1-3-6-10(12(18)14-4-2)15-13(19)11-7-5-8-16(11)9-17/h4,9-11H,3,5-8H2,1-2H3,(H,15,19)/t10-,11-/m0/s1. The maximum Gasteiger partial charge on any atom is 0.267 e. The monoisotopic (exact) mass is 267 g/mol. The summed E-state index contributed by atoms with van der Waals surface area (Å²) in [4.78, 5) is 39.8. The number of rotatable bonds is 6. The lowest BCUT2D eigenvalue weighted by molar-refractivity contribution is -0.133. The van der Waals surface area contributed by atoms with Crippen LogP contribution in [-0.4, -0.2) is 48.0 Å². The second-order valence-corrected chi connectivity index (χ2v) is 4.58. The molecule has 0 aromatic heterocycles. The molecule has 1 rings (SSSR count). The Kier molecular flexibility index (Phi) is 6.18. The minimum Gasteiger partial charge on any atom is -0.342 e. The van der Waals surface area contributed by atoms with E-state index in [-0.39, 0.29) is 11.8 Å². The Labute approximate surface area is 113 Å². The highest BCUT2D eigenvalue weighted by Crippen LogP contribution is 2.15. The molecule has 0 radical (unpaired) electrons. The number of carbonyl (C=O) groups is 3. The van der Waals surface area contributed by atoms with E-state index in [0.29, 0.717) is 25.8 Å². The number of hydrogen-bond donors (Lipinski definition) is 1. The van der Waals surface area contributed by atoms with Gasteiger partial charge in [-0.2, -0.15) is 0 Å². The summed E-state index contributed by atoms with van der Waals surface area (Å²) in [5.41, 5.74) is 0. The van der Waals surface area contributed by atoms with Gasteiger partial charge in [-0.3, -0.25) is 14.4 Å². The van der Waals surface area contributed by atoms with Crippen LogP contribution in [0.4, 0.5) is 0 Å². The van der Waals surface area contributed by atoms with Crippen LogP contribution in [0.15, 0.2) is 4.99 Å². The zero-order chi connectivity index (χ0) is 14.3. The zero-order valence-electron chi connectivity index (χ0n) is 11.5. The first-order valence-electron chi connectivity index (χ1n) is 6.68. The summed E-state index contributed by atoms with van der Waals surface area (Å²) < 4.78 is 0. The third kappa shape index (κ3) is 4.15. The number of amides is 3. The molecule has 0 saturated carbocycles. The number of aliphatic imine (C=N–C) groups is 1. The van der Waals surface area contributed by atoms with E-state index in [2.05, 4.69) is 10.3 Å². The van der Waals surface area contributed by atoms with Crippen molar-refractivity contribution in [2.24, 2.45) is 4.99 Å². The molecule has 1 aliphatic heterocycles. The van der Waals surface area contributed by atoms with Crippen LogP contribution in [0.2, 0.25) is 0 Å². The van der Waals surface area contributed by atoms with E-state index in [1.807, 2.05) is 6.92 Å². The van der Waals surface area contributed by atoms with Crippen molar-refractivity contribution in [1.82, 2.24) is 10.2 Å². The molecule has 0 aromatic carbocycles. The number of nitrogens with one attached hydrogen (secondary N) is 1. The summed E-state index contributed by atoms with van der Waals surface area (Å²) in [6.45, 7) is 4.20. The van der Waals surface area contributed by atoms with Crippen LogP contribution in [0.5, 0.6) is 0 Å². The second-order valence-electron chi connectivity index (χ2n) is 4.58. The summed E-state index contributed by atoms with van der Waals surface area (Å²) in [7, 11) is 0. The first-order valence-corrected chi connectivity index (χ1v) is 6.68. The Morgan fingerprint density at radius 1 is 1.53 bits per heavy atom. The number of hydrogen-bond acceptors (Lipinski definition) is 3. The lowest BCUT2D eigenvalue weighted by Crippen LogP contribution is -2.48. The van der Waals surface area contributed by atoms with Gasteiger partial charge in [0.15, 0.2) is 0 Å². The van der Waals surface area contributed by atoms with E-state index in [4.69, 9.17) is 0 Å². The maximum atomic E-state index is 12.1. The molecule has 106 valence electrons. The highest BCUT2D eigenvalue weighted by atomic mass is 16.2. The molecule has 0 aliphatic carbocycles. The van der Waals surface area contributed by atoms with Crippen molar-refractivity contribution < 1.29 is 14.4 Å². The fourth-order valence-corrected chi connectivity index (χ4v) is 2.23. The lowest BCUT2D eigenvalue weighted by Gasteiger charge is -2.22. The average molecular weight is 267 g/mol. The Balaban J connectivity index is 2.65. The van der Waals surface area contributed by atoms with Gasteiger partial charge in [0.2, 0.25) is 12.3 Å². The average Bonchev–Trinajstić information content (AvgIpc) is 2.86. The fraction of sp³-hybridized carbons (Fsp3) is 0.692. The van der Waals surface area contributed by atoms with Gasteiger partial charge in [0.25, 0.3) is 5.91 Å². The third-order valence-corrected chi connectivity index (χ3v) is 3.18. The van der Waals surface area contributed by atoms with Crippen molar-refractivity contribution in [1.29, 1.82) is 0 Å². The van der Waals surface area contributed by atoms with Crippen molar-refractivity contribution >= 4 is 24.4 Å². The molecule has 1 heterocycles. The van der Waals surface area contributed by atoms with Crippen LogP contribution in [0.3, 0.4) is 0 Å². The highest BCUT2D eigenvalue weighted by molar-refractivity contribution is 5.93. The molecule has 1 aliphatic rings. The predicted molar refractivity (Wildman–Crippen MR) is 71.8 cm³/mol. The van der Waals surface area contributed by atoms with E-state index in [1.54, 1.807) is 6.92 Å². The Hall–Kier alpha value is -1.72. The minimum atomic E-state index is -0.595. The van der Waals surface area contributed by atoms with Crippen molar-refractivity contribution in [3.05, 3.63) is 0 Å². The summed E-state index contributed by atoms with van der Waals surface area (Å²) in [6.07, 6.45) is 4.90. The van der Waals surface area contributed by atoms with Crippen molar-refractivity contribution in [2.45, 2.75) is 51.6 Å². The van der Waals surface area contributed by atoms with Gasteiger partial charge in [0.05, 0.1) is 0 Å². The van der Waals surface area contributed by atoms with Gasteiger partial charge in [-0.25, -0.2) is 4.99 Å². The molecule has 1 N–H and O–H groups in total. The molecule has 0 bridgehead atoms. The molecule has 0 unspecified atom stereocenters. The summed E-state index contributed by atoms with van der Waals surface area (Å²) >= 11 is 0. The molecule has 1 saturated heterocycles. The number of nitrogens with zero attached hydrogens (tertiary/aromatic N) is 2. The first-order chi connectivity index (χ1) is 9.13. The molecule has 0 spiro atoms. The topological polar surface area (TPSA) is 78.8 Å². The first kappa shape index (κ1) is 15.3. The number of carbonyl (C=O) groups excluding carboxylic acids is 3. The van der Waals surface area contributed by atoms with Gasteiger partial charge in [0, 0.05) is 12.8 Å². The molecule has 0 aromatic rings. The zero-order valence-corrected chi connectivity index (χ0v) is 11.5. The van der Waals surface area contributed by atoms with Crippen molar-refractivity contribution in [3.63, 3.8) is 0 Å². The largest absolute Gasteiger partial charge is 0.342 e. The van der Waals surface area contributed by atoms with Crippen LogP contribution in [0, 0.1) is 0 Å². The van der Waals surface area contributed by atoms with Crippen LogP contribution in [-0.2, 0) is 14.4 Å². The molecule has 6 nitrogen and oxygen atoms in total. The Morgan fingerprint density at radius 2 is 2.26 bits per heavy atom. The van der Waals surface area contributed by atoms with Gasteiger partial charge in [-0.05, 0) is 26.2 Å². The molecule has 19 heavy (non-hydrogen) atoms. The molecular formula is C13H21N3O3. The van der Waals surface area contributed by atoms with Gasteiger partial charge in [-0.15, -0.1) is 0 Å². The van der Waals surface area contributed by atoms with Gasteiger partial charge in [0.1, 0.15) is 12.1 Å². The Morgan fingerprint density at radius 3 is 2.84 bits per heavy atom.